The van der Waals surface area contributed by atoms with E-state index in [9.17, 15) is 4.79 Å². The molecule has 1 unspecified atom stereocenters. The maximum Gasteiger partial charge on any atom is 0.324 e. The predicted octanol–water partition coefficient (Wildman–Crippen LogP) is 4.63. The van der Waals surface area contributed by atoms with E-state index in [1.165, 1.54) is 6.20 Å². The zero-order valence-corrected chi connectivity index (χ0v) is 16.8. The summed E-state index contributed by atoms with van der Waals surface area (Å²) in [5.41, 5.74) is 9.84. The first-order chi connectivity index (χ1) is 14.6. The van der Waals surface area contributed by atoms with Crippen LogP contribution in [0.2, 0.25) is 0 Å². The molecule has 154 valence electrons. The van der Waals surface area contributed by atoms with Crippen molar-refractivity contribution in [3.8, 4) is 11.8 Å². The molecule has 1 fully saturated rings. The van der Waals surface area contributed by atoms with E-state index >= 15 is 0 Å². The van der Waals surface area contributed by atoms with E-state index in [0.717, 1.165) is 18.6 Å². The Morgan fingerprint density at radius 1 is 1.30 bits per heavy atom. The minimum atomic E-state index is -0.0471. The first kappa shape index (κ1) is 21.0. The zero-order chi connectivity index (χ0) is 21.3. The summed E-state index contributed by atoms with van der Waals surface area (Å²) in [4.78, 5) is 22.9. The van der Waals surface area contributed by atoms with Gasteiger partial charge in [0.2, 0.25) is 0 Å². The number of nitriles is 1. The number of pyridine rings is 1. The van der Waals surface area contributed by atoms with Gasteiger partial charge in [-0.25, -0.2) is 4.79 Å². The lowest BCUT2D eigenvalue weighted by Gasteiger charge is -2.20. The van der Waals surface area contributed by atoms with Crippen molar-refractivity contribution in [2.75, 3.05) is 31.1 Å². The molecule has 3 rings (SSSR count). The van der Waals surface area contributed by atoms with E-state index in [2.05, 4.69) is 28.0 Å². The summed E-state index contributed by atoms with van der Waals surface area (Å²) in [7, 11) is 0. The molecule has 2 aromatic rings. The number of carbonyl (C=O) groups is 1. The molecule has 1 aliphatic rings. The average Bonchev–Trinajstić information content (AvgIpc) is 3.13. The number of azide groups is 1. The van der Waals surface area contributed by atoms with Gasteiger partial charge in [0.05, 0.1) is 18.2 Å². The second-order valence-electron chi connectivity index (χ2n) is 7.15. The van der Waals surface area contributed by atoms with Gasteiger partial charge in [0.15, 0.2) is 0 Å². The number of urea groups is 1. The minimum absolute atomic E-state index is 0.0471. The Balaban J connectivity index is 1.43. The van der Waals surface area contributed by atoms with Crippen molar-refractivity contribution in [3.63, 3.8) is 0 Å². The quantitative estimate of drug-likeness (QED) is 0.343. The van der Waals surface area contributed by atoms with Gasteiger partial charge in [-0.3, -0.25) is 9.88 Å². The van der Waals surface area contributed by atoms with Crippen molar-refractivity contribution >= 4 is 17.5 Å². The zero-order valence-electron chi connectivity index (χ0n) is 16.8. The summed E-state index contributed by atoms with van der Waals surface area (Å²) in [6, 6.07) is 12.5. The standard InChI is InChI=1S/C21H23N7O2/c1-16(8-13-30-19-4-2-17(15-22)3-5-19)7-10-27-11-12-28(21(27)29)18-6-9-24-20(14-18)25-26-23/h2-6,9,14,16H,7-8,10-13H2,1H3. The van der Waals surface area contributed by atoms with Crippen LogP contribution in [0.25, 0.3) is 10.4 Å². The number of ether oxygens (including phenoxy) is 1. The molecule has 0 spiro atoms. The normalized spacial score (nSPS) is 14.2. The molecule has 1 aromatic heterocycles. The Hall–Kier alpha value is -3.76. The van der Waals surface area contributed by atoms with Crippen LogP contribution < -0.4 is 9.64 Å². The lowest BCUT2D eigenvalue weighted by molar-refractivity contribution is 0.214. The van der Waals surface area contributed by atoms with Gasteiger partial charge in [-0.15, -0.1) is 0 Å². The van der Waals surface area contributed by atoms with Gasteiger partial charge in [-0.05, 0) is 65.8 Å². The number of anilines is 1. The predicted molar refractivity (Wildman–Crippen MR) is 112 cm³/mol. The van der Waals surface area contributed by atoms with Crippen molar-refractivity contribution < 1.29 is 9.53 Å². The molecule has 1 atom stereocenters. The van der Waals surface area contributed by atoms with Gasteiger partial charge in [0, 0.05) is 36.4 Å². The van der Waals surface area contributed by atoms with Crippen LogP contribution in [0.15, 0.2) is 47.7 Å². The van der Waals surface area contributed by atoms with E-state index in [-0.39, 0.29) is 11.8 Å². The van der Waals surface area contributed by atoms with Crippen LogP contribution in [0.3, 0.4) is 0 Å². The van der Waals surface area contributed by atoms with Crippen molar-refractivity contribution in [1.29, 1.82) is 5.26 Å². The molecule has 0 bridgehead atoms. The van der Waals surface area contributed by atoms with Crippen LogP contribution >= 0.6 is 0 Å². The number of aromatic nitrogens is 1. The molecule has 0 N–H and O–H groups in total. The number of hydrogen-bond donors (Lipinski definition) is 0. The second-order valence-corrected chi connectivity index (χ2v) is 7.15. The number of rotatable bonds is 9. The maximum atomic E-state index is 12.7. The van der Waals surface area contributed by atoms with Crippen LogP contribution in [0.5, 0.6) is 5.75 Å². The fourth-order valence-electron chi connectivity index (χ4n) is 3.23. The highest BCUT2D eigenvalue weighted by Gasteiger charge is 2.29. The van der Waals surface area contributed by atoms with Crippen molar-refractivity contribution in [2.45, 2.75) is 19.8 Å². The molecule has 2 amide bonds. The van der Waals surface area contributed by atoms with Crippen LogP contribution in [-0.2, 0) is 0 Å². The molecule has 1 saturated heterocycles. The average molecular weight is 405 g/mol. The van der Waals surface area contributed by atoms with Crippen LogP contribution in [-0.4, -0.2) is 42.2 Å². The molecule has 0 saturated carbocycles. The summed E-state index contributed by atoms with van der Waals surface area (Å²) < 4.78 is 5.74. The number of carbonyl (C=O) groups excluding carboxylic acids is 1. The van der Waals surface area contributed by atoms with Crippen LogP contribution in [0, 0.1) is 17.2 Å². The Labute approximate surface area is 175 Å². The van der Waals surface area contributed by atoms with Crippen molar-refractivity contribution in [2.24, 2.45) is 11.0 Å². The minimum Gasteiger partial charge on any atom is -0.494 e. The number of hydrogen-bond acceptors (Lipinski definition) is 5. The first-order valence-corrected chi connectivity index (χ1v) is 9.81. The van der Waals surface area contributed by atoms with Crippen LogP contribution in [0.4, 0.5) is 16.3 Å². The third-order valence-electron chi connectivity index (χ3n) is 5.04. The summed E-state index contributed by atoms with van der Waals surface area (Å²) in [6.07, 6.45) is 3.30. The topological polar surface area (TPSA) is 118 Å². The first-order valence-electron chi connectivity index (χ1n) is 9.81. The van der Waals surface area contributed by atoms with Gasteiger partial charge in [0.25, 0.3) is 0 Å². The molecular weight excluding hydrogens is 382 g/mol. The van der Waals surface area contributed by atoms with Crippen molar-refractivity contribution in [3.05, 3.63) is 58.6 Å². The molecular formula is C21H23N7O2. The van der Waals surface area contributed by atoms with E-state index in [1.807, 2.05) is 4.90 Å². The Kier molecular flexibility index (Phi) is 7.09. The fraction of sp³-hybridized carbons (Fsp3) is 0.381. The summed E-state index contributed by atoms with van der Waals surface area (Å²) in [5.74, 6) is 1.41. The molecule has 1 aliphatic heterocycles. The highest BCUT2D eigenvalue weighted by atomic mass is 16.5. The lowest BCUT2D eigenvalue weighted by atomic mass is 10.0. The van der Waals surface area contributed by atoms with E-state index in [0.29, 0.717) is 43.4 Å². The highest BCUT2D eigenvalue weighted by Crippen LogP contribution is 2.24. The third-order valence-corrected chi connectivity index (χ3v) is 5.04. The molecule has 9 nitrogen and oxygen atoms in total. The SMILES string of the molecule is CC(CCOc1ccc(C#N)cc1)CCN1CCN(c2ccnc(N=[N+]=[N-])c2)C1=O. The number of benzene rings is 1. The van der Waals surface area contributed by atoms with Gasteiger partial charge in [-0.1, -0.05) is 6.92 Å². The summed E-state index contributed by atoms with van der Waals surface area (Å²) in [5, 5.41) is 12.3. The smallest absolute Gasteiger partial charge is 0.324 e. The molecule has 1 aromatic carbocycles. The summed E-state index contributed by atoms with van der Waals surface area (Å²) >= 11 is 0. The third kappa shape index (κ3) is 5.40. The van der Waals surface area contributed by atoms with Crippen molar-refractivity contribution in [1.82, 2.24) is 9.88 Å². The Morgan fingerprint density at radius 3 is 2.83 bits per heavy atom. The lowest BCUT2D eigenvalue weighted by Crippen LogP contribution is -2.33. The number of amides is 2. The molecule has 9 heteroatoms. The molecule has 0 radical (unpaired) electrons. The van der Waals surface area contributed by atoms with E-state index < -0.39 is 0 Å². The monoisotopic (exact) mass is 405 g/mol. The van der Waals surface area contributed by atoms with Gasteiger partial charge < -0.3 is 9.64 Å². The number of nitrogens with zero attached hydrogens (tertiary/aromatic N) is 7. The Morgan fingerprint density at radius 2 is 2.10 bits per heavy atom. The van der Waals surface area contributed by atoms with Gasteiger partial charge >= 0.3 is 6.03 Å². The largest absolute Gasteiger partial charge is 0.494 e. The molecule has 2 heterocycles. The molecule has 30 heavy (non-hydrogen) atoms. The van der Waals surface area contributed by atoms with E-state index in [1.54, 1.807) is 41.3 Å². The highest BCUT2D eigenvalue weighted by molar-refractivity contribution is 5.94. The van der Waals surface area contributed by atoms with E-state index in [4.69, 9.17) is 15.5 Å². The maximum absolute atomic E-state index is 12.7. The molecule has 0 aliphatic carbocycles. The van der Waals surface area contributed by atoms with Crippen LogP contribution in [0.1, 0.15) is 25.3 Å². The summed E-state index contributed by atoms with van der Waals surface area (Å²) in [6.45, 7) is 4.67. The fourth-order valence-corrected chi connectivity index (χ4v) is 3.23. The Bertz CT molecular complexity index is 964. The van der Waals surface area contributed by atoms with Gasteiger partial charge in [0.1, 0.15) is 11.6 Å². The second kappa shape index (κ2) is 10.1. The van der Waals surface area contributed by atoms with Gasteiger partial charge in [-0.2, -0.15) is 5.26 Å².